The first kappa shape index (κ1) is 16.9. The number of nitrogens with zero attached hydrogens (tertiary/aromatic N) is 2. The smallest absolute Gasteiger partial charge is 0.0637 e. The number of methoxy groups -OCH3 is 1. The van der Waals surface area contributed by atoms with Crippen molar-refractivity contribution < 1.29 is 4.74 Å². The summed E-state index contributed by atoms with van der Waals surface area (Å²) >= 11 is 0. The first-order valence-corrected chi connectivity index (χ1v) is 7.28. The van der Waals surface area contributed by atoms with Crippen molar-refractivity contribution in [3.8, 4) is 0 Å². The minimum Gasteiger partial charge on any atom is -0.383 e. The molecule has 0 amide bonds. The quantitative estimate of drug-likeness (QED) is 0.833. The van der Waals surface area contributed by atoms with Crippen LogP contribution in [0.25, 0.3) is 0 Å². The number of pyridine rings is 1. The van der Waals surface area contributed by atoms with Crippen molar-refractivity contribution in [2.45, 2.75) is 52.7 Å². The molecule has 0 bridgehead atoms. The van der Waals surface area contributed by atoms with Crippen LogP contribution in [0.4, 0.5) is 5.69 Å². The summed E-state index contributed by atoms with van der Waals surface area (Å²) in [5, 5.41) is 3.53. The van der Waals surface area contributed by atoms with Gasteiger partial charge in [-0.15, -0.1) is 0 Å². The fourth-order valence-corrected chi connectivity index (χ4v) is 2.04. The second-order valence-electron chi connectivity index (χ2n) is 6.39. The summed E-state index contributed by atoms with van der Waals surface area (Å²) in [5.74, 6) is 0. The molecule has 1 aromatic rings. The van der Waals surface area contributed by atoms with Crippen LogP contribution in [0.15, 0.2) is 18.5 Å². The molecule has 1 aromatic heterocycles. The maximum atomic E-state index is 5.23. The zero-order valence-corrected chi connectivity index (χ0v) is 13.7. The van der Waals surface area contributed by atoms with Gasteiger partial charge >= 0.3 is 0 Å². The lowest BCUT2D eigenvalue weighted by atomic mass is 10.1. The van der Waals surface area contributed by atoms with Crippen LogP contribution in [-0.4, -0.2) is 36.8 Å². The summed E-state index contributed by atoms with van der Waals surface area (Å²) in [6, 6.07) is 2.52. The molecular formula is C16H29N3O. The molecule has 0 aliphatic heterocycles. The standard InChI is InChI=1S/C16H29N3O/c1-13(2)19(9-10-20-6)15-7-8-17-11-14(15)12-18-16(3,4)5/h7-8,11,13,18H,9-10,12H2,1-6H3. The Bertz CT molecular complexity index is 399. The number of aromatic nitrogens is 1. The van der Waals surface area contributed by atoms with Crippen LogP contribution in [0.2, 0.25) is 0 Å². The summed E-state index contributed by atoms with van der Waals surface area (Å²) in [6.07, 6.45) is 3.81. The van der Waals surface area contributed by atoms with Crippen molar-refractivity contribution in [3.05, 3.63) is 24.0 Å². The Morgan fingerprint density at radius 2 is 2.05 bits per heavy atom. The van der Waals surface area contributed by atoms with E-state index in [0.717, 1.165) is 19.7 Å². The third-order valence-electron chi connectivity index (χ3n) is 3.16. The molecule has 4 heteroatoms. The van der Waals surface area contributed by atoms with Gasteiger partial charge in [-0.1, -0.05) is 0 Å². The molecular weight excluding hydrogens is 250 g/mol. The lowest BCUT2D eigenvalue weighted by Crippen LogP contribution is -2.37. The zero-order valence-electron chi connectivity index (χ0n) is 13.7. The molecule has 114 valence electrons. The van der Waals surface area contributed by atoms with Crippen molar-refractivity contribution in [2.24, 2.45) is 0 Å². The molecule has 0 saturated carbocycles. The molecule has 0 aliphatic carbocycles. The van der Waals surface area contributed by atoms with Crippen LogP contribution in [0, 0.1) is 0 Å². The van der Waals surface area contributed by atoms with Gasteiger partial charge in [0.2, 0.25) is 0 Å². The van der Waals surface area contributed by atoms with Crippen LogP contribution < -0.4 is 10.2 Å². The summed E-state index contributed by atoms with van der Waals surface area (Å²) in [6.45, 7) is 13.4. The van der Waals surface area contributed by atoms with E-state index in [9.17, 15) is 0 Å². The van der Waals surface area contributed by atoms with Gasteiger partial charge < -0.3 is 15.0 Å². The highest BCUT2D eigenvalue weighted by molar-refractivity contribution is 5.53. The predicted molar refractivity (Wildman–Crippen MR) is 85.2 cm³/mol. The van der Waals surface area contributed by atoms with Gasteiger partial charge in [0.05, 0.1) is 6.61 Å². The summed E-state index contributed by atoms with van der Waals surface area (Å²) in [4.78, 5) is 6.64. The Morgan fingerprint density at radius 1 is 1.35 bits per heavy atom. The largest absolute Gasteiger partial charge is 0.383 e. The first-order chi connectivity index (χ1) is 9.35. The molecule has 0 aromatic carbocycles. The minimum atomic E-state index is 0.0995. The lowest BCUT2D eigenvalue weighted by Gasteiger charge is -2.31. The highest BCUT2D eigenvalue weighted by atomic mass is 16.5. The number of nitrogens with one attached hydrogen (secondary N) is 1. The van der Waals surface area contributed by atoms with Gasteiger partial charge in [-0.05, 0) is 40.7 Å². The number of ether oxygens (including phenoxy) is 1. The molecule has 20 heavy (non-hydrogen) atoms. The average Bonchev–Trinajstić information content (AvgIpc) is 2.36. The Hall–Kier alpha value is -1.13. The van der Waals surface area contributed by atoms with E-state index < -0.39 is 0 Å². The monoisotopic (exact) mass is 279 g/mol. The molecule has 0 spiro atoms. The van der Waals surface area contributed by atoms with E-state index >= 15 is 0 Å². The topological polar surface area (TPSA) is 37.4 Å². The molecule has 0 saturated heterocycles. The SMILES string of the molecule is COCCN(c1ccncc1CNC(C)(C)C)C(C)C. The van der Waals surface area contributed by atoms with Gasteiger partial charge in [0, 0.05) is 55.4 Å². The van der Waals surface area contributed by atoms with E-state index in [0.29, 0.717) is 6.04 Å². The van der Waals surface area contributed by atoms with Gasteiger partial charge in [-0.25, -0.2) is 0 Å². The zero-order chi connectivity index (χ0) is 15.2. The maximum absolute atomic E-state index is 5.23. The normalized spacial score (nSPS) is 11.9. The molecule has 4 nitrogen and oxygen atoms in total. The van der Waals surface area contributed by atoms with E-state index in [1.807, 2.05) is 12.4 Å². The van der Waals surface area contributed by atoms with Crippen molar-refractivity contribution in [1.82, 2.24) is 10.3 Å². The second kappa shape index (κ2) is 7.60. The van der Waals surface area contributed by atoms with Crippen LogP contribution in [0.5, 0.6) is 0 Å². The number of hydrogen-bond acceptors (Lipinski definition) is 4. The van der Waals surface area contributed by atoms with E-state index in [1.54, 1.807) is 7.11 Å². The molecule has 0 fully saturated rings. The molecule has 1 rings (SSSR count). The van der Waals surface area contributed by atoms with Crippen LogP contribution >= 0.6 is 0 Å². The van der Waals surface area contributed by atoms with E-state index in [2.05, 4.69) is 55.9 Å². The van der Waals surface area contributed by atoms with Crippen molar-refractivity contribution in [3.63, 3.8) is 0 Å². The number of anilines is 1. The number of hydrogen-bond donors (Lipinski definition) is 1. The third-order valence-corrected chi connectivity index (χ3v) is 3.16. The van der Waals surface area contributed by atoms with Crippen LogP contribution in [0.3, 0.4) is 0 Å². The second-order valence-corrected chi connectivity index (χ2v) is 6.39. The molecule has 0 radical (unpaired) electrons. The fraction of sp³-hybridized carbons (Fsp3) is 0.688. The van der Waals surface area contributed by atoms with E-state index in [1.165, 1.54) is 11.3 Å². The molecule has 1 heterocycles. The van der Waals surface area contributed by atoms with Crippen molar-refractivity contribution >= 4 is 5.69 Å². The number of rotatable bonds is 7. The van der Waals surface area contributed by atoms with Crippen molar-refractivity contribution in [2.75, 3.05) is 25.2 Å². The summed E-state index contributed by atoms with van der Waals surface area (Å²) in [5.41, 5.74) is 2.57. The van der Waals surface area contributed by atoms with Crippen LogP contribution in [-0.2, 0) is 11.3 Å². The van der Waals surface area contributed by atoms with Gasteiger partial charge in [-0.2, -0.15) is 0 Å². The van der Waals surface area contributed by atoms with Gasteiger partial charge in [0.15, 0.2) is 0 Å². The molecule has 0 atom stereocenters. The Kier molecular flexibility index (Phi) is 6.43. The average molecular weight is 279 g/mol. The molecule has 1 N–H and O–H groups in total. The lowest BCUT2D eigenvalue weighted by molar-refractivity contribution is 0.203. The summed E-state index contributed by atoms with van der Waals surface area (Å²) in [7, 11) is 1.74. The van der Waals surface area contributed by atoms with Crippen molar-refractivity contribution in [1.29, 1.82) is 0 Å². The van der Waals surface area contributed by atoms with E-state index in [-0.39, 0.29) is 5.54 Å². The highest BCUT2D eigenvalue weighted by Crippen LogP contribution is 2.22. The van der Waals surface area contributed by atoms with E-state index in [4.69, 9.17) is 4.74 Å². The van der Waals surface area contributed by atoms with Crippen LogP contribution in [0.1, 0.15) is 40.2 Å². The molecule has 0 unspecified atom stereocenters. The van der Waals surface area contributed by atoms with Gasteiger partial charge in [0.25, 0.3) is 0 Å². The Morgan fingerprint density at radius 3 is 2.60 bits per heavy atom. The fourth-order valence-electron chi connectivity index (χ4n) is 2.04. The van der Waals surface area contributed by atoms with Gasteiger partial charge in [0.1, 0.15) is 0 Å². The third kappa shape index (κ3) is 5.47. The first-order valence-electron chi connectivity index (χ1n) is 7.28. The minimum absolute atomic E-state index is 0.0995. The highest BCUT2D eigenvalue weighted by Gasteiger charge is 2.16. The summed E-state index contributed by atoms with van der Waals surface area (Å²) < 4.78 is 5.23. The Balaban J connectivity index is 2.91. The maximum Gasteiger partial charge on any atom is 0.0637 e. The van der Waals surface area contributed by atoms with Gasteiger partial charge in [-0.3, -0.25) is 4.98 Å². The molecule has 0 aliphatic rings. The Labute approximate surface area is 123 Å². The predicted octanol–water partition coefficient (Wildman–Crippen LogP) is 2.83.